The van der Waals surface area contributed by atoms with Gasteiger partial charge in [0.25, 0.3) is 5.91 Å². The molecule has 0 heterocycles. The molecule has 0 bridgehead atoms. The normalized spacial score (nSPS) is 11.4. The number of nitrogens with zero attached hydrogens (tertiary/aromatic N) is 1. The maximum Gasteiger partial charge on any atom is 0.338 e. The Kier molecular flexibility index (Phi) is 6.71. The lowest BCUT2D eigenvalue weighted by Crippen LogP contribution is -2.38. The van der Waals surface area contributed by atoms with Crippen LogP contribution in [0.4, 0.5) is 0 Å². The largest absolute Gasteiger partial charge is 0.465 e. The van der Waals surface area contributed by atoms with E-state index in [0.29, 0.717) is 16.7 Å². The number of ether oxygens (including phenoxy) is 1. The highest BCUT2D eigenvalue weighted by Crippen LogP contribution is 2.25. The zero-order valence-electron chi connectivity index (χ0n) is 16.0. The van der Waals surface area contributed by atoms with Crippen LogP contribution in [0.1, 0.15) is 34.1 Å². The molecule has 0 radical (unpaired) electrons. The van der Waals surface area contributed by atoms with Crippen LogP contribution in [0, 0.1) is 0 Å². The number of rotatable bonds is 6. The van der Waals surface area contributed by atoms with E-state index in [-0.39, 0.29) is 24.3 Å². The van der Waals surface area contributed by atoms with Crippen molar-refractivity contribution in [2.45, 2.75) is 19.4 Å². The van der Waals surface area contributed by atoms with Crippen molar-refractivity contribution >= 4 is 17.8 Å². The van der Waals surface area contributed by atoms with Gasteiger partial charge in [0.1, 0.15) is 0 Å². The number of benzene rings is 2. The number of methoxy groups -OCH3 is 1. The Morgan fingerprint density at radius 2 is 1.81 bits per heavy atom. The maximum absolute atomic E-state index is 12.8. The van der Waals surface area contributed by atoms with E-state index in [1.165, 1.54) is 7.11 Å². The monoisotopic (exact) mass is 368 g/mol. The SMILES string of the molecule is CNC(=O)C[C@H](C)N(C)C(=O)c1cccc(-c2ccccc2C(=O)OC)c1. The molecule has 27 heavy (non-hydrogen) atoms. The van der Waals surface area contributed by atoms with Crippen LogP contribution in [-0.4, -0.2) is 49.9 Å². The molecule has 0 aliphatic heterocycles. The molecule has 0 unspecified atom stereocenters. The number of amides is 2. The van der Waals surface area contributed by atoms with Crippen LogP contribution in [0.3, 0.4) is 0 Å². The molecule has 0 saturated carbocycles. The highest BCUT2D eigenvalue weighted by atomic mass is 16.5. The average molecular weight is 368 g/mol. The number of nitrogens with one attached hydrogen (secondary N) is 1. The topological polar surface area (TPSA) is 75.7 Å². The van der Waals surface area contributed by atoms with E-state index < -0.39 is 5.97 Å². The van der Waals surface area contributed by atoms with Crippen molar-refractivity contribution in [1.29, 1.82) is 0 Å². The third-order valence-electron chi connectivity index (χ3n) is 4.49. The van der Waals surface area contributed by atoms with Gasteiger partial charge in [0.15, 0.2) is 0 Å². The van der Waals surface area contributed by atoms with Gasteiger partial charge >= 0.3 is 5.97 Å². The molecule has 0 saturated heterocycles. The van der Waals surface area contributed by atoms with Crippen LogP contribution >= 0.6 is 0 Å². The second-order valence-electron chi connectivity index (χ2n) is 6.26. The molecule has 6 nitrogen and oxygen atoms in total. The van der Waals surface area contributed by atoms with Crippen molar-refractivity contribution in [3.05, 3.63) is 59.7 Å². The number of hydrogen-bond acceptors (Lipinski definition) is 4. The van der Waals surface area contributed by atoms with Gasteiger partial charge < -0.3 is 15.0 Å². The van der Waals surface area contributed by atoms with Crippen LogP contribution in [0.5, 0.6) is 0 Å². The smallest absolute Gasteiger partial charge is 0.338 e. The summed E-state index contributed by atoms with van der Waals surface area (Å²) in [6.45, 7) is 1.82. The van der Waals surface area contributed by atoms with E-state index in [1.807, 2.05) is 25.1 Å². The Hall–Kier alpha value is -3.15. The third-order valence-corrected chi connectivity index (χ3v) is 4.49. The predicted molar refractivity (Wildman–Crippen MR) is 103 cm³/mol. The molecule has 2 amide bonds. The summed E-state index contributed by atoms with van der Waals surface area (Å²) in [5.74, 6) is -0.745. The summed E-state index contributed by atoms with van der Waals surface area (Å²) >= 11 is 0. The van der Waals surface area contributed by atoms with Gasteiger partial charge in [0.2, 0.25) is 5.91 Å². The molecule has 0 aromatic heterocycles. The minimum Gasteiger partial charge on any atom is -0.465 e. The van der Waals surface area contributed by atoms with Gasteiger partial charge in [-0.3, -0.25) is 9.59 Å². The molecule has 0 fully saturated rings. The Morgan fingerprint density at radius 3 is 2.48 bits per heavy atom. The summed E-state index contributed by atoms with van der Waals surface area (Å²) < 4.78 is 4.84. The molecule has 0 aliphatic rings. The van der Waals surface area contributed by atoms with E-state index in [2.05, 4.69) is 5.32 Å². The zero-order chi connectivity index (χ0) is 20.0. The van der Waals surface area contributed by atoms with Crippen molar-refractivity contribution in [2.24, 2.45) is 0 Å². The van der Waals surface area contributed by atoms with Gasteiger partial charge in [-0.05, 0) is 36.2 Å². The third kappa shape index (κ3) is 4.73. The van der Waals surface area contributed by atoms with Gasteiger partial charge in [0, 0.05) is 32.1 Å². The average Bonchev–Trinajstić information content (AvgIpc) is 2.71. The highest BCUT2D eigenvalue weighted by molar-refractivity contribution is 5.99. The summed E-state index contributed by atoms with van der Waals surface area (Å²) in [5, 5.41) is 2.56. The van der Waals surface area contributed by atoms with Crippen molar-refractivity contribution in [3.63, 3.8) is 0 Å². The predicted octanol–water partition coefficient (Wildman–Crippen LogP) is 2.74. The molecular weight excluding hydrogens is 344 g/mol. The van der Waals surface area contributed by atoms with Crippen LogP contribution < -0.4 is 5.32 Å². The van der Waals surface area contributed by atoms with E-state index in [4.69, 9.17) is 4.74 Å². The van der Waals surface area contributed by atoms with E-state index in [0.717, 1.165) is 5.56 Å². The Balaban J connectivity index is 2.32. The first-order chi connectivity index (χ1) is 12.9. The number of esters is 1. The molecule has 2 aromatic carbocycles. The standard InChI is InChI=1S/C21H24N2O4/c1-14(12-19(24)22-2)23(3)20(25)16-9-7-8-15(13-16)17-10-5-6-11-18(17)21(26)27-4/h5-11,13-14H,12H2,1-4H3,(H,22,24)/t14-/m0/s1. The van der Waals surface area contributed by atoms with Crippen LogP contribution in [-0.2, 0) is 9.53 Å². The van der Waals surface area contributed by atoms with Crippen molar-refractivity contribution in [3.8, 4) is 11.1 Å². The molecule has 1 atom stereocenters. The summed E-state index contributed by atoms with van der Waals surface area (Å²) in [6, 6.07) is 13.9. The van der Waals surface area contributed by atoms with Crippen LogP contribution in [0.15, 0.2) is 48.5 Å². The molecule has 0 spiro atoms. The van der Waals surface area contributed by atoms with Crippen molar-refractivity contribution in [2.75, 3.05) is 21.2 Å². The summed E-state index contributed by atoms with van der Waals surface area (Å²) in [7, 11) is 4.58. The first-order valence-corrected chi connectivity index (χ1v) is 8.64. The number of hydrogen-bond donors (Lipinski definition) is 1. The molecular formula is C21H24N2O4. The van der Waals surface area contributed by atoms with Crippen molar-refractivity contribution in [1.82, 2.24) is 10.2 Å². The molecule has 1 N–H and O–H groups in total. The lowest BCUT2D eigenvalue weighted by molar-refractivity contribution is -0.121. The molecule has 2 rings (SSSR count). The summed E-state index contributed by atoms with van der Waals surface area (Å²) in [4.78, 5) is 37.9. The van der Waals surface area contributed by atoms with Gasteiger partial charge in [-0.2, -0.15) is 0 Å². The Labute approximate surface area is 159 Å². The molecule has 6 heteroatoms. The summed E-state index contributed by atoms with van der Waals surface area (Å²) in [6.07, 6.45) is 0.226. The fraction of sp³-hybridized carbons (Fsp3) is 0.286. The maximum atomic E-state index is 12.8. The van der Waals surface area contributed by atoms with Gasteiger partial charge in [0.05, 0.1) is 12.7 Å². The highest BCUT2D eigenvalue weighted by Gasteiger charge is 2.20. The van der Waals surface area contributed by atoms with E-state index in [9.17, 15) is 14.4 Å². The molecule has 142 valence electrons. The second kappa shape index (κ2) is 8.98. The van der Waals surface area contributed by atoms with Gasteiger partial charge in [-0.25, -0.2) is 4.79 Å². The minimum atomic E-state index is -0.432. The molecule has 0 aliphatic carbocycles. The fourth-order valence-electron chi connectivity index (χ4n) is 2.75. The lowest BCUT2D eigenvalue weighted by atomic mass is 9.97. The van der Waals surface area contributed by atoms with Gasteiger partial charge in [-0.1, -0.05) is 30.3 Å². The fourth-order valence-corrected chi connectivity index (χ4v) is 2.75. The van der Waals surface area contributed by atoms with Crippen LogP contribution in [0.2, 0.25) is 0 Å². The Bertz CT molecular complexity index is 848. The minimum absolute atomic E-state index is 0.122. The first kappa shape index (κ1) is 20.2. The molecule has 2 aromatic rings. The lowest BCUT2D eigenvalue weighted by Gasteiger charge is -2.24. The second-order valence-corrected chi connectivity index (χ2v) is 6.26. The van der Waals surface area contributed by atoms with Gasteiger partial charge in [-0.15, -0.1) is 0 Å². The first-order valence-electron chi connectivity index (χ1n) is 8.64. The number of carbonyl (C=O) groups excluding carboxylic acids is 3. The van der Waals surface area contributed by atoms with E-state index in [1.54, 1.807) is 49.3 Å². The zero-order valence-corrected chi connectivity index (χ0v) is 16.0. The van der Waals surface area contributed by atoms with Crippen LogP contribution in [0.25, 0.3) is 11.1 Å². The summed E-state index contributed by atoms with van der Waals surface area (Å²) in [5.41, 5.74) is 2.36. The Morgan fingerprint density at radius 1 is 1.11 bits per heavy atom. The quantitative estimate of drug-likeness (QED) is 0.796. The van der Waals surface area contributed by atoms with Crippen molar-refractivity contribution < 1.29 is 19.1 Å². The number of carbonyl (C=O) groups is 3. The van der Waals surface area contributed by atoms with E-state index >= 15 is 0 Å².